The summed E-state index contributed by atoms with van der Waals surface area (Å²) >= 11 is 3.56. The van der Waals surface area contributed by atoms with Crippen molar-refractivity contribution in [2.45, 2.75) is 57.0 Å². The zero-order valence-electron chi connectivity index (χ0n) is 12.6. The first-order valence-electron chi connectivity index (χ1n) is 7.82. The number of nitrogens with two attached hydrogens (primary N) is 1. The predicted molar refractivity (Wildman–Crippen MR) is 89.7 cm³/mol. The van der Waals surface area contributed by atoms with Crippen molar-refractivity contribution in [1.82, 2.24) is 4.90 Å². The van der Waals surface area contributed by atoms with E-state index in [-0.39, 0.29) is 5.54 Å². The SMILES string of the molecule is CN(Cc1cccc(Br)c1)C1(CN)CCCCCCC1. The van der Waals surface area contributed by atoms with E-state index in [0.717, 1.165) is 17.6 Å². The Bertz CT molecular complexity index is 411. The van der Waals surface area contributed by atoms with Gasteiger partial charge in [-0.25, -0.2) is 0 Å². The second-order valence-electron chi connectivity index (χ2n) is 6.18. The van der Waals surface area contributed by atoms with Gasteiger partial charge in [0, 0.05) is 23.1 Å². The summed E-state index contributed by atoms with van der Waals surface area (Å²) in [7, 11) is 2.25. The van der Waals surface area contributed by atoms with Crippen LogP contribution in [-0.2, 0) is 6.54 Å². The van der Waals surface area contributed by atoms with Gasteiger partial charge in [-0.2, -0.15) is 0 Å². The fraction of sp³-hybridized carbons (Fsp3) is 0.647. The number of hydrogen-bond donors (Lipinski definition) is 1. The van der Waals surface area contributed by atoms with E-state index in [9.17, 15) is 0 Å². The third kappa shape index (κ3) is 4.06. The Kier molecular flexibility index (Phi) is 6.06. The van der Waals surface area contributed by atoms with Crippen LogP contribution in [0.5, 0.6) is 0 Å². The third-order valence-corrected chi connectivity index (χ3v) is 5.28. The summed E-state index contributed by atoms with van der Waals surface area (Å²) in [6.45, 7) is 1.76. The molecule has 0 aromatic heterocycles. The van der Waals surface area contributed by atoms with E-state index in [4.69, 9.17) is 5.73 Å². The molecule has 2 nitrogen and oxygen atoms in total. The predicted octanol–water partition coefficient (Wildman–Crippen LogP) is 4.32. The van der Waals surface area contributed by atoms with Gasteiger partial charge in [0.15, 0.2) is 0 Å². The van der Waals surface area contributed by atoms with Crippen LogP contribution in [-0.4, -0.2) is 24.0 Å². The first-order valence-corrected chi connectivity index (χ1v) is 8.61. The van der Waals surface area contributed by atoms with Crippen LogP contribution in [0, 0.1) is 0 Å². The average molecular weight is 339 g/mol. The minimum Gasteiger partial charge on any atom is -0.329 e. The van der Waals surface area contributed by atoms with E-state index in [1.165, 1.54) is 50.5 Å². The van der Waals surface area contributed by atoms with E-state index in [0.29, 0.717) is 0 Å². The molecular weight excluding hydrogens is 312 g/mol. The lowest BCUT2D eigenvalue weighted by Gasteiger charge is -2.43. The molecule has 0 atom stereocenters. The molecule has 1 aliphatic carbocycles. The second kappa shape index (κ2) is 7.58. The summed E-state index contributed by atoms with van der Waals surface area (Å²) < 4.78 is 1.16. The van der Waals surface area contributed by atoms with Crippen molar-refractivity contribution in [1.29, 1.82) is 0 Å². The van der Waals surface area contributed by atoms with E-state index in [2.05, 4.69) is 52.1 Å². The van der Waals surface area contributed by atoms with Crippen molar-refractivity contribution in [3.05, 3.63) is 34.3 Å². The molecule has 0 unspecified atom stereocenters. The molecule has 0 aliphatic heterocycles. The van der Waals surface area contributed by atoms with E-state index >= 15 is 0 Å². The second-order valence-corrected chi connectivity index (χ2v) is 7.10. The molecule has 1 saturated carbocycles. The zero-order chi connectivity index (χ0) is 14.4. The van der Waals surface area contributed by atoms with Crippen LogP contribution in [0.2, 0.25) is 0 Å². The van der Waals surface area contributed by atoms with Crippen molar-refractivity contribution >= 4 is 15.9 Å². The highest BCUT2D eigenvalue weighted by Crippen LogP contribution is 2.31. The van der Waals surface area contributed by atoms with Gasteiger partial charge in [-0.1, -0.05) is 60.2 Å². The largest absolute Gasteiger partial charge is 0.329 e. The van der Waals surface area contributed by atoms with E-state index < -0.39 is 0 Å². The van der Waals surface area contributed by atoms with Crippen LogP contribution in [0.15, 0.2) is 28.7 Å². The Hall–Kier alpha value is -0.380. The van der Waals surface area contributed by atoms with Gasteiger partial charge in [0.1, 0.15) is 0 Å². The molecule has 1 fully saturated rings. The third-order valence-electron chi connectivity index (χ3n) is 4.78. The molecule has 2 rings (SSSR count). The number of halogens is 1. The van der Waals surface area contributed by atoms with Gasteiger partial charge in [0.2, 0.25) is 0 Å². The van der Waals surface area contributed by atoms with Gasteiger partial charge in [0.05, 0.1) is 0 Å². The highest BCUT2D eigenvalue weighted by molar-refractivity contribution is 9.10. The molecule has 1 aromatic rings. The highest BCUT2D eigenvalue weighted by atomic mass is 79.9. The first kappa shape index (κ1) is 16.0. The Balaban J connectivity index is 2.08. The standard InChI is InChI=1S/C17H27BrN2/c1-20(13-15-8-7-9-16(18)12-15)17(14-19)10-5-3-2-4-6-11-17/h7-9,12H,2-6,10-11,13-14,19H2,1H3. The minimum absolute atomic E-state index is 0.197. The van der Waals surface area contributed by atoms with Gasteiger partial charge < -0.3 is 5.73 Å². The first-order chi connectivity index (χ1) is 9.66. The number of likely N-dealkylation sites (N-methyl/N-ethyl adjacent to an activating group) is 1. The molecule has 1 aromatic carbocycles. The molecule has 0 amide bonds. The zero-order valence-corrected chi connectivity index (χ0v) is 14.2. The van der Waals surface area contributed by atoms with Crippen molar-refractivity contribution in [2.75, 3.05) is 13.6 Å². The van der Waals surface area contributed by atoms with Gasteiger partial charge in [-0.05, 0) is 37.6 Å². The summed E-state index contributed by atoms with van der Waals surface area (Å²) in [5.41, 5.74) is 7.75. The van der Waals surface area contributed by atoms with Crippen molar-refractivity contribution in [3.63, 3.8) is 0 Å². The maximum atomic E-state index is 6.19. The van der Waals surface area contributed by atoms with E-state index in [1.807, 2.05) is 0 Å². The van der Waals surface area contributed by atoms with Crippen molar-refractivity contribution < 1.29 is 0 Å². The average Bonchev–Trinajstić information content (AvgIpc) is 2.39. The normalized spacial score (nSPS) is 19.6. The van der Waals surface area contributed by atoms with Gasteiger partial charge in [0.25, 0.3) is 0 Å². The molecule has 3 heteroatoms. The fourth-order valence-corrected chi connectivity index (χ4v) is 3.83. The Morgan fingerprint density at radius 2 is 1.80 bits per heavy atom. The lowest BCUT2D eigenvalue weighted by Crippen LogP contribution is -2.52. The van der Waals surface area contributed by atoms with Gasteiger partial charge in [-0.3, -0.25) is 4.90 Å². The molecule has 0 radical (unpaired) electrons. The quantitative estimate of drug-likeness (QED) is 0.885. The molecule has 0 heterocycles. The summed E-state index contributed by atoms with van der Waals surface area (Å²) in [6, 6.07) is 8.61. The molecule has 0 spiro atoms. The van der Waals surface area contributed by atoms with E-state index in [1.54, 1.807) is 0 Å². The number of benzene rings is 1. The molecule has 20 heavy (non-hydrogen) atoms. The molecule has 2 N–H and O–H groups in total. The molecule has 0 bridgehead atoms. The lowest BCUT2D eigenvalue weighted by atomic mass is 9.82. The summed E-state index contributed by atoms with van der Waals surface area (Å²) in [5.74, 6) is 0. The topological polar surface area (TPSA) is 29.3 Å². The van der Waals surface area contributed by atoms with Crippen LogP contribution >= 0.6 is 15.9 Å². The van der Waals surface area contributed by atoms with Crippen molar-refractivity contribution in [2.24, 2.45) is 5.73 Å². The van der Waals surface area contributed by atoms with Crippen molar-refractivity contribution in [3.8, 4) is 0 Å². The highest BCUT2D eigenvalue weighted by Gasteiger charge is 2.32. The maximum absolute atomic E-state index is 6.19. The van der Waals surface area contributed by atoms with Crippen LogP contribution in [0.3, 0.4) is 0 Å². The molecule has 1 aliphatic rings. The van der Waals surface area contributed by atoms with Crippen LogP contribution in [0.25, 0.3) is 0 Å². The fourth-order valence-electron chi connectivity index (χ4n) is 3.38. The maximum Gasteiger partial charge on any atom is 0.0332 e. The number of nitrogens with zero attached hydrogens (tertiary/aromatic N) is 1. The monoisotopic (exact) mass is 338 g/mol. The number of hydrogen-bond acceptors (Lipinski definition) is 2. The summed E-state index contributed by atoms with van der Waals surface area (Å²) in [5, 5.41) is 0. The Labute approximate surface area is 131 Å². The van der Waals surface area contributed by atoms with Crippen LogP contribution < -0.4 is 5.73 Å². The van der Waals surface area contributed by atoms with Crippen LogP contribution in [0.4, 0.5) is 0 Å². The lowest BCUT2D eigenvalue weighted by molar-refractivity contribution is 0.0865. The smallest absolute Gasteiger partial charge is 0.0332 e. The minimum atomic E-state index is 0.197. The molecular formula is C17H27BrN2. The van der Waals surface area contributed by atoms with Gasteiger partial charge >= 0.3 is 0 Å². The summed E-state index contributed by atoms with van der Waals surface area (Å²) in [6.07, 6.45) is 9.26. The summed E-state index contributed by atoms with van der Waals surface area (Å²) in [4.78, 5) is 2.50. The Morgan fingerprint density at radius 3 is 2.40 bits per heavy atom. The number of rotatable bonds is 4. The van der Waals surface area contributed by atoms with Gasteiger partial charge in [-0.15, -0.1) is 0 Å². The Morgan fingerprint density at radius 1 is 1.15 bits per heavy atom. The molecule has 112 valence electrons. The van der Waals surface area contributed by atoms with Crippen LogP contribution in [0.1, 0.15) is 50.5 Å². The molecule has 0 saturated heterocycles.